The Bertz CT molecular complexity index is 979. The predicted octanol–water partition coefficient (Wildman–Crippen LogP) is 5.66. The number of hydrogen-bond donors (Lipinski definition) is 2. The summed E-state index contributed by atoms with van der Waals surface area (Å²) in [5.74, 6) is -1.95. The Morgan fingerprint density at radius 3 is 2.45 bits per heavy atom. The van der Waals surface area contributed by atoms with Crippen LogP contribution in [0.25, 0.3) is 0 Å². The molecule has 1 atom stereocenters. The van der Waals surface area contributed by atoms with Crippen LogP contribution in [0.3, 0.4) is 0 Å². The molecule has 0 bridgehead atoms. The van der Waals surface area contributed by atoms with Crippen LogP contribution < -0.4 is 5.32 Å². The first kappa shape index (κ1) is 23.7. The summed E-state index contributed by atoms with van der Waals surface area (Å²) in [6, 6.07) is 3.88. The second-order valence-electron chi connectivity index (χ2n) is 7.35. The number of pyridine rings is 1. The number of hydrogen-bond acceptors (Lipinski definition) is 3. The lowest BCUT2D eigenvalue weighted by Gasteiger charge is -2.41. The van der Waals surface area contributed by atoms with Gasteiger partial charge in [-0.25, -0.2) is 13.8 Å². The molecule has 1 aromatic carbocycles. The molecule has 1 aliphatic carbocycles. The van der Waals surface area contributed by atoms with Gasteiger partial charge in [0.25, 0.3) is 5.91 Å². The van der Waals surface area contributed by atoms with Crippen molar-refractivity contribution >= 4 is 29.1 Å². The number of carbonyl (C=O) groups excluding carboxylic acids is 1. The van der Waals surface area contributed by atoms with Crippen LogP contribution in [0.5, 0.6) is 0 Å². The fourth-order valence-corrected chi connectivity index (χ4v) is 4.00. The summed E-state index contributed by atoms with van der Waals surface area (Å²) in [4.78, 5) is 16.1. The van der Waals surface area contributed by atoms with Crippen LogP contribution in [0, 0.1) is 5.82 Å². The van der Waals surface area contributed by atoms with E-state index in [9.17, 15) is 31.9 Å². The van der Waals surface area contributed by atoms with Crippen LogP contribution in [0.4, 0.5) is 22.0 Å². The summed E-state index contributed by atoms with van der Waals surface area (Å²) >= 11 is 11.9. The molecule has 4 nitrogen and oxygen atoms in total. The minimum absolute atomic E-state index is 0.00192. The lowest BCUT2D eigenvalue weighted by molar-refractivity contribution is -0.141. The van der Waals surface area contributed by atoms with Crippen molar-refractivity contribution in [3.63, 3.8) is 0 Å². The number of halogens is 7. The molecule has 1 aliphatic rings. The number of nitrogens with one attached hydrogen (secondary N) is 1. The average Bonchev–Trinajstić information content (AvgIpc) is 2.70. The second-order valence-corrected chi connectivity index (χ2v) is 8.14. The van der Waals surface area contributed by atoms with Crippen molar-refractivity contribution in [2.75, 3.05) is 0 Å². The first-order valence-corrected chi connectivity index (χ1v) is 10.0. The first-order valence-electron chi connectivity index (χ1n) is 9.27. The summed E-state index contributed by atoms with van der Waals surface area (Å²) < 4.78 is 66.7. The van der Waals surface area contributed by atoms with Gasteiger partial charge in [-0.05, 0) is 49.4 Å². The van der Waals surface area contributed by atoms with Crippen LogP contribution in [0.2, 0.25) is 10.0 Å². The molecule has 1 unspecified atom stereocenters. The Morgan fingerprint density at radius 2 is 1.84 bits per heavy atom. The average molecular weight is 483 g/mol. The zero-order chi connectivity index (χ0) is 23.0. The summed E-state index contributed by atoms with van der Waals surface area (Å²) in [5.41, 5.74) is -3.78. The quantitative estimate of drug-likeness (QED) is 0.552. The third kappa shape index (κ3) is 5.10. The Morgan fingerprint density at radius 1 is 1.19 bits per heavy atom. The molecule has 1 aromatic heterocycles. The number of alkyl halides is 4. The van der Waals surface area contributed by atoms with Crippen LogP contribution in [-0.2, 0) is 6.18 Å². The molecule has 1 heterocycles. The maximum absolute atomic E-state index is 14.1. The number of nitrogens with zero attached hydrogens (tertiary/aromatic N) is 1. The Balaban J connectivity index is 2.01. The normalized spacial score (nSPS) is 22.8. The Kier molecular flexibility index (Phi) is 6.78. The van der Waals surface area contributed by atoms with Crippen molar-refractivity contribution in [3.05, 3.63) is 63.1 Å². The van der Waals surface area contributed by atoms with Crippen molar-refractivity contribution in [3.8, 4) is 0 Å². The van der Waals surface area contributed by atoms with E-state index in [1.807, 2.05) is 0 Å². The van der Waals surface area contributed by atoms with Gasteiger partial charge in [0.2, 0.25) is 0 Å². The van der Waals surface area contributed by atoms with E-state index in [1.54, 1.807) is 0 Å². The molecular weight excluding hydrogens is 466 g/mol. The van der Waals surface area contributed by atoms with Crippen LogP contribution >= 0.6 is 23.2 Å². The lowest BCUT2D eigenvalue weighted by Crippen LogP contribution is -2.49. The summed E-state index contributed by atoms with van der Waals surface area (Å²) in [6.45, 7) is 0. The third-order valence-electron chi connectivity index (χ3n) is 5.24. The van der Waals surface area contributed by atoms with E-state index in [4.69, 9.17) is 23.2 Å². The zero-order valence-corrected chi connectivity index (χ0v) is 17.3. The topological polar surface area (TPSA) is 62.2 Å². The lowest BCUT2D eigenvalue weighted by atomic mass is 9.76. The smallest absolute Gasteiger partial charge is 0.387 e. The fraction of sp³-hybridized carbons (Fsp3) is 0.400. The van der Waals surface area contributed by atoms with Gasteiger partial charge in [0.15, 0.2) is 0 Å². The van der Waals surface area contributed by atoms with Crippen molar-refractivity contribution in [2.24, 2.45) is 0 Å². The van der Waals surface area contributed by atoms with Gasteiger partial charge in [-0.15, -0.1) is 0 Å². The van der Waals surface area contributed by atoms with Crippen LogP contribution in [-0.4, -0.2) is 27.8 Å². The molecule has 0 radical (unpaired) electrons. The summed E-state index contributed by atoms with van der Waals surface area (Å²) in [6.07, 6.45) is -6.18. The molecule has 2 aromatic rings. The third-order valence-corrected chi connectivity index (χ3v) is 5.94. The van der Waals surface area contributed by atoms with E-state index in [-0.39, 0.29) is 41.3 Å². The standard InChI is InChI=1S/C20H17Cl2F5N2O2/c21-12-4-5-14(20(25,26)27)28-16(12)18(30)29-17(11-2-1-3-13(24)15(11)22)19(31)8-6-10(23)7-9-19/h1-5,10,17,31H,6-9H2,(H,29,30)/t10-,17?,19-. The SMILES string of the molecule is O=C(NC(c1cccc(F)c1Cl)[C@]1(O)CC[C@H](F)CC1)c1nc(C(F)(F)F)ccc1Cl. The van der Waals surface area contributed by atoms with Crippen LogP contribution in [0.1, 0.15) is 53.5 Å². The number of amides is 1. The minimum Gasteiger partial charge on any atom is -0.387 e. The van der Waals surface area contributed by atoms with E-state index in [0.29, 0.717) is 6.07 Å². The highest BCUT2D eigenvalue weighted by atomic mass is 35.5. The molecule has 2 N–H and O–H groups in total. The fourth-order valence-electron chi connectivity index (χ4n) is 3.57. The van der Waals surface area contributed by atoms with Gasteiger partial charge in [0.05, 0.1) is 21.7 Å². The second kappa shape index (κ2) is 8.88. The number of aliphatic hydroxyl groups is 1. The summed E-state index contributed by atoms with van der Waals surface area (Å²) in [5, 5.41) is 12.8. The number of carbonyl (C=O) groups is 1. The highest BCUT2D eigenvalue weighted by Gasteiger charge is 2.43. The molecule has 0 aliphatic heterocycles. The van der Waals surface area contributed by atoms with Gasteiger partial charge in [-0.3, -0.25) is 4.79 Å². The molecule has 1 saturated carbocycles. The highest BCUT2D eigenvalue weighted by molar-refractivity contribution is 6.33. The predicted molar refractivity (Wildman–Crippen MR) is 104 cm³/mol. The Hall–Kier alpha value is -1.97. The molecule has 1 amide bonds. The van der Waals surface area contributed by atoms with E-state index in [1.165, 1.54) is 12.1 Å². The van der Waals surface area contributed by atoms with Crippen molar-refractivity contribution < 1.29 is 31.9 Å². The van der Waals surface area contributed by atoms with Gasteiger partial charge in [-0.2, -0.15) is 13.2 Å². The van der Waals surface area contributed by atoms with Crippen molar-refractivity contribution in [1.82, 2.24) is 10.3 Å². The Labute approximate surface area is 184 Å². The molecule has 0 saturated heterocycles. The number of rotatable bonds is 4. The summed E-state index contributed by atoms with van der Waals surface area (Å²) in [7, 11) is 0. The van der Waals surface area contributed by atoms with E-state index in [0.717, 1.165) is 12.1 Å². The molecule has 1 fully saturated rings. The van der Waals surface area contributed by atoms with E-state index in [2.05, 4.69) is 10.3 Å². The zero-order valence-electron chi connectivity index (χ0n) is 15.8. The molecule has 3 rings (SSSR count). The number of benzene rings is 1. The molecule has 31 heavy (non-hydrogen) atoms. The van der Waals surface area contributed by atoms with E-state index >= 15 is 0 Å². The first-order chi connectivity index (χ1) is 14.4. The highest BCUT2D eigenvalue weighted by Crippen LogP contribution is 2.42. The molecular formula is C20H17Cl2F5N2O2. The van der Waals surface area contributed by atoms with E-state index < -0.39 is 47.1 Å². The molecule has 168 valence electrons. The van der Waals surface area contributed by atoms with Crippen molar-refractivity contribution in [2.45, 2.75) is 49.7 Å². The van der Waals surface area contributed by atoms with Crippen molar-refractivity contribution in [1.29, 1.82) is 0 Å². The van der Waals surface area contributed by atoms with Gasteiger partial charge < -0.3 is 10.4 Å². The molecule has 11 heteroatoms. The van der Waals surface area contributed by atoms with Gasteiger partial charge >= 0.3 is 6.18 Å². The number of aromatic nitrogens is 1. The molecule has 0 spiro atoms. The maximum atomic E-state index is 14.1. The van der Waals surface area contributed by atoms with Crippen LogP contribution in [0.15, 0.2) is 30.3 Å². The minimum atomic E-state index is -4.82. The van der Waals surface area contributed by atoms with Gasteiger partial charge in [-0.1, -0.05) is 35.3 Å². The van der Waals surface area contributed by atoms with Gasteiger partial charge in [0.1, 0.15) is 23.4 Å². The monoisotopic (exact) mass is 482 g/mol. The maximum Gasteiger partial charge on any atom is 0.433 e. The van der Waals surface area contributed by atoms with Gasteiger partial charge in [0, 0.05) is 0 Å². The largest absolute Gasteiger partial charge is 0.433 e.